The highest BCUT2D eigenvalue weighted by Gasteiger charge is 2.30. The zero-order chi connectivity index (χ0) is 19.3. The largest absolute Gasteiger partial charge is 0.463 e. The first kappa shape index (κ1) is 17.8. The van der Waals surface area contributed by atoms with Crippen LogP contribution in [0.1, 0.15) is 46.0 Å². The van der Waals surface area contributed by atoms with Gasteiger partial charge in [-0.05, 0) is 25.2 Å². The van der Waals surface area contributed by atoms with Crippen LogP contribution >= 0.6 is 0 Å². The third kappa shape index (κ3) is 2.85. The summed E-state index contributed by atoms with van der Waals surface area (Å²) in [5, 5.41) is 4.55. The summed E-state index contributed by atoms with van der Waals surface area (Å²) in [6.07, 6.45) is 3.38. The molecule has 7 nitrogen and oxygen atoms in total. The van der Waals surface area contributed by atoms with Gasteiger partial charge in [0.2, 0.25) is 5.91 Å². The molecule has 0 aromatic carbocycles. The van der Waals surface area contributed by atoms with E-state index in [1.165, 1.54) is 4.68 Å². The average Bonchev–Trinajstić information content (AvgIpc) is 3.22. The molecule has 4 rings (SSSR count). The van der Waals surface area contributed by atoms with E-state index in [2.05, 4.69) is 18.9 Å². The van der Waals surface area contributed by atoms with Gasteiger partial charge in [0, 0.05) is 31.6 Å². The zero-order valence-electron chi connectivity index (χ0n) is 16.3. The van der Waals surface area contributed by atoms with E-state index in [0.717, 1.165) is 30.9 Å². The second kappa shape index (κ2) is 6.55. The standard InChI is InChI=1S/C20H26N4O3/c1-5-18-21-24(14(4)19(25)22-10-12(2)8-13(3)11-22)20(26)16-9-17-15(23(16)18)6-7-27-17/h6-7,9,12-14H,5,8,10-11H2,1-4H3/t12-,13-,14-/m1/s1. The number of carbonyl (C=O) groups is 1. The Morgan fingerprint density at radius 3 is 2.67 bits per heavy atom. The van der Waals surface area contributed by atoms with Crippen molar-refractivity contribution in [3.63, 3.8) is 0 Å². The SMILES string of the molecule is CCc1nn([C@H](C)C(=O)N2C[C@H](C)C[C@@H](C)C2)c(=O)c2cc3occc3n12. The maximum absolute atomic E-state index is 13.1. The fraction of sp³-hybridized carbons (Fsp3) is 0.550. The van der Waals surface area contributed by atoms with Crippen molar-refractivity contribution in [2.24, 2.45) is 11.8 Å². The lowest BCUT2D eigenvalue weighted by Crippen LogP contribution is -2.47. The van der Waals surface area contributed by atoms with Gasteiger partial charge < -0.3 is 9.32 Å². The molecule has 0 N–H and O–H groups in total. The van der Waals surface area contributed by atoms with Gasteiger partial charge in [0.15, 0.2) is 5.58 Å². The summed E-state index contributed by atoms with van der Waals surface area (Å²) >= 11 is 0. The number of furan rings is 1. The Balaban J connectivity index is 1.77. The molecule has 1 aliphatic rings. The van der Waals surface area contributed by atoms with Crippen LogP contribution in [0.2, 0.25) is 0 Å². The maximum atomic E-state index is 13.1. The van der Waals surface area contributed by atoms with Crippen LogP contribution in [0, 0.1) is 11.8 Å². The van der Waals surface area contributed by atoms with Gasteiger partial charge in [0.25, 0.3) is 5.56 Å². The predicted octanol–water partition coefficient (Wildman–Crippen LogP) is 2.87. The number of aromatic nitrogens is 3. The second-order valence-electron chi connectivity index (χ2n) is 7.92. The van der Waals surface area contributed by atoms with Crippen LogP contribution in [0.4, 0.5) is 0 Å². The van der Waals surface area contributed by atoms with Crippen molar-refractivity contribution in [1.82, 2.24) is 19.1 Å². The molecular weight excluding hydrogens is 344 g/mol. The van der Waals surface area contributed by atoms with Gasteiger partial charge in [-0.1, -0.05) is 20.8 Å². The first-order valence-electron chi connectivity index (χ1n) is 9.69. The Morgan fingerprint density at radius 2 is 2.00 bits per heavy atom. The lowest BCUT2D eigenvalue weighted by molar-refractivity contribution is -0.137. The number of aryl methyl sites for hydroxylation is 1. The predicted molar refractivity (Wildman–Crippen MR) is 103 cm³/mol. The van der Waals surface area contributed by atoms with E-state index < -0.39 is 6.04 Å². The molecule has 0 bridgehead atoms. The van der Waals surface area contributed by atoms with E-state index in [1.807, 2.05) is 22.3 Å². The average molecular weight is 370 g/mol. The number of hydrogen-bond acceptors (Lipinski definition) is 4. The molecule has 3 aromatic rings. The molecule has 1 amide bonds. The maximum Gasteiger partial charge on any atom is 0.291 e. The van der Waals surface area contributed by atoms with Gasteiger partial charge >= 0.3 is 0 Å². The molecule has 3 atom stereocenters. The molecule has 3 aromatic heterocycles. The fourth-order valence-electron chi connectivity index (χ4n) is 4.40. The molecule has 0 aliphatic carbocycles. The van der Waals surface area contributed by atoms with Crippen LogP contribution in [0.3, 0.4) is 0 Å². The Morgan fingerprint density at radius 1 is 1.30 bits per heavy atom. The van der Waals surface area contributed by atoms with Gasteiger partial charge in [-0.25, -0.2) is 4.68 Å². The fourth-order valence-corrected chi connectivity index (χ4v) is 4.40. The van der Waals surface area contributed by atoms with Gasteiger partial charge in [-0.3, -0.25) is 14.0 Å². The lowest BCUT2D eigenvalue weighted by Gasteiger charge is -2.36. The first-order valence-corrected chi connectivity index (χ1v) is 9.69. The molecule has 1 saturated heterocycles. The summed E-state index contributed by atoms with van der Waals surface area (Å²) in [7, 11) is 0. The molecule has 1 aliphatic heterocycles. The topological polar surface area (TPSA) is 72.8 Å². The smallest absolute Gasteiger partial charge is 0.291 e. The minimum atomic E-state index is -0.633. The second-order valence-corrected chi connectivity index (χ2v) is 7.92. The van der Waals surface area contributed by atoms with Crippen molar-refractivity contribution in [2.75, 3.05) is 13.1 Å². The van der Waals surface area contributed by atoms with Crippen LogP contribution in [0.25, 0.3) is 16.6 Å². The number of hydrogen-bond donors (Lipinski definition) is 0. The Labute approximate surface area is 157 Å². The van der Waals surface area contributed by atoms with Crippen LogP contribution in [-0.4, -0.2) is 38.1 Å². The van der Waals surface area contributed by atoms with E-state index in [9.17, 15) is 9.59 Å². The third-order valence-electron chi connectivity index (χ3n) is 5.55. The highest BCUT2D eigenvalue weighted by Crippen LogP contribution is 2.24. The van der Waals surface area contributed by atoms with Crippen molar-refractivity contribution < 1.29 is 9.21 Å². The summed E-state index contributed by atoms with van der Waals surface area (Å²) in [6.45, 7) is 9.57. The van der Waals surface area contributed by atoms with Crippen molar-refractivity contribution in [3.8, 4) is 0 Å². The molecule has 0 saturated carbocycles. The summed E-state index contributed by atoms with van der Waals surface area (Å²) in [6, 6.07) is 2.93. The van der Waals surface area contributed by atoms with Crippen LogP contribution in [0.15, 0.2) is 27.6 Å². The minimum absolute atomic E-state index is 0.0374. The third-order valence-corrected chi connectivity index (χ3v) is 5.55. The van der Waals surface area contributed by atoms with Crippen molar-refractivity contribution in [2.45, 2.75) is 46.6 Å². The Bertz CT molecular complexity index is 1050. The van der Waals surface area contributed by atoms with Crippen LogP contribution < -0.4 is 5.56 Å². The number of piperidine rings is 1. The molecule has 144 valence electrons. The molecular formula is C20H26N4O3. The Kier molecular flexibility index (Phi) is 4.32. The van der Waals surface area contributed by atoms with Crippen LogP contribution in [-0.2, 0) is 11.2 Å². The van der Waals surface area contributed by atoms with Gasteiger partial charge in [-0.2, -0.15) is 5.10 Å². The summed E-state index contributed by atoms with van der Waals surface area (Å²) in [5.74, 6) is 1.65. The van der Waals surface area contributed by atoms with Crippen molar-refractivity contribution in [3.05, 3.63) is 34.6 Å². The first-order chi connectivity index (χ1) is 12.9. The number of fused-ring (bicyclic) bond motifs is 3. The summed E-state index contributed by atoms with van der Waals surface area (Å²) in [5.41, 5.74) is 1.71. The van der Waals surface area contributed by atoms with E-state index in [1.54, 1.807) is 19.3 Å². The molecule has 4 heterocycles. The Hall–Kier alpha value is -2.57. The summed E-state index contributed by atoms with van der Waals surface area (Å²) < 4.78 is 8.63. The minimum Gasteiger partial charge on any atom is -0.463 e. The van der Waals surface area contributed by atoms with E-state index in [4.69, 9.17) is 4.42 Å². The molecule has 7 heteroatoms. The summed E-state index contributed by atoms with van der Waals surface area (Å²) in [4.78, 5) is 28.1. The molecule has 0 spiro atoms. The number of carbonyl (C=O) groups excluding carboxylic acids is 1. The number of amides is 1. The van der Waals surface area contributed by atoms with Gasteiger partial charge in [-0.15, -0.1) is 0 Å². The molecule has 27 heavy (non-hydrogen) atoms. The zero-order valence-corrected chi connectivity index (χ0v) is 16.3. The monoisotopic (exact) mass is 370 g/mol. The van der Waals surface area contributed by atoms with Crippen molar-refractivity contribution >= 4 is 22.5 Å². The molecule has 1 fully saturated rings. The van der Waals surface area contributed by atoms with Crippen molar-refractivity contribution in [1.29, 1.82) is 0 Å². The number of nitrogens with zero attached hydrogens (tertiary/aromatic N) is 4. The highest BCUT2D eigenvalue weighted by atomic mass is 16.3. The van der Waals surface area contributed by atoms with E-state index in [-0.39, 0.29) is 11.5 Å². The van der Waals surface area contributed by atoms with Gasteiger partial charge in [0.05, 0.1) is 11.8 Å². The molecule has 0 unspecified atom stereocenters. The highest BCUT2D eigenvalue weighted by molar-refractivity contribution is 5.83. The number of rotatable bonds is 3. The lowest BCUT2D eigenvalue weighted by atomic mass is 9.91. The van der Waals surface area contributed by atoms with E-state index in [0.29, 0.717) is 29.4 Å². The van der Waals surface area contributed by atoms with E-state index >= 15 is 0 Å². The van der Waals surface area contributed by atoms with Gasteiger partial charge in [0.1, 0.15) is 17.4 Å². The number of likely N-dealkylation sites (tertiary alicyclic amines) is 1. The molecule has 0 radical (unpaired) electrons. The normalized spacial score (nSPS) is 21.9. The van der Waals surface area contributed by atoms with Crippen LogP contribution in [0.5, 0.6) is 0 Å². The quantitative estimate of drug-likeness (QED) is 0.711.